The molecule has 0 unspecified atom stereocenters. The Balaban J connectivity index is 1.95. The molecule has 0 radical (unpaired) electrons. The highest BCUT2D eigenvalue weighted by atomic mass is 16.1. The van der Waals surface area contributed by atoms with Crippen LogP contribution in [0.15, 0.2) is 36.4 Å². The van der Waals surface area contributed by atoms with Gasteiger partial charge in [-0.15, -0.1) is 0 Å². The molecule has 278 valence electrons. The maximum absolute atomic E-state index is 14.1. The number of aryl methyl sites for hydroxylation is 3. The van der Waals surface area contributed by atoms with E-state index in [0.717, 1.165) is 74.1 Å². The third-order valence-electron chi connectivity index (χ3n) is 11.0. The molecular weight excluding hydrogens is 613 g/mol. The Hall–Kier alpha value is -2.88. The third kappa shape index (κ3) is 12.7. The van der Waals surface area contributed by atoms with Crippen LogP contribution >= 0.6 is 0 Å². The summed E-state index contributed by atoms with van der Waals surface area (Å²) in [6, 6.07) is 12.8. The Morgan fingerprint density at radius 3 is 1.16 bits per heavy atom. The van der Waals surface area contributed by atoms with Gasteiger partial charge in [0.1, 0.15) is 0 Å². The van der Waals surface area contributed by atoms with Crippen molar-refractivity contribution in [3.05, 3.63) is 81.4 Å². The van der Waals surface area contributed by atoms with Crippen molar-refractivity contribution < 1.29 is 9.59 Å². The molecule has 0 aliphatic rings. The van der Waals surface area contributed by atoms with Crippen LogP contribution in [-0.2, 0) is 0 Å². The molecule has 0 spiro atoms. The average molecular weight is 685 g/mol. The van der Waals surface area contributed by atoms with Crippen molar-refractivity contribution in [3.63, 3.8) is 0 Å². The molecule has 4 nitrogen and oxygen atoms in total. The van der Waals surface area contributed by atoms with E-state index in [1.165, 1.54) is 99.3 Å². The number of hydrogen-bond donors (Lipinski definition) is 2. The molecule has 3 rings (SSSR count). The highest BCUT2D eigenvalue weighted by Gasteiger charge is 2.28. The number of nitrogens with one attached hydrogen (secondary N) is 2. The molecule has 2 aromatic heterocycles. The van der Waals surface area contributed by atoms with Gasteiger partial charge < -0.3 is 9.97 Å². The van der Waals surface area contributed by atoms with Crippen molar-refractivity contribution in [1.29, 1.82) is 0 Å². The second kappa shape index (κ2) is 22.8. The minimum absolute atomic E-state index is 0.0674. The second-order valence-corrected chi connectivity index (χ2v) is 15.4. The fourth-order valence-electron chi connectivity index (χ4n) is 8.10. The van der Waals surface area contributed by atoms with Gasteiger partial charge >= 0.3 is 0 Å². The van der Waals surface area contributed by atoms with E-state index in [2.05, 4.69) is 82.7 Å². The van der Waals surface area contributed by atoms with Gasteiger partial charge in [-0.05, 0) is 87.4 Å². The lowest BCUT2D eigenvalue weighted by atomic mass is 9.85. The van der Waals surface area contributed by atoms with E-state index in [1.807, 2.05) is 12.1 Å². The Morgan fingerprint density at radius 2 is 0.840 bits per heavy atom. The summed E-state index contributed by atoms with van der Waals surface area (Å²) in [4.78, 5) is 35.5. The maximum Gasteiger partial charge on any atom is 0.182 e. The van der Waals surface area contributed by atoms with Gasteiger partial charge in [-0.1, -0.05) is 148 Å². The van der Waals surface area contributed by atoms with E-state index in [9.17, 15) is 9.59 Å². The van der Waals surface area contributed by atoms with E-state index < -0.39 is 0 Å². The van der Waals surface area contributed by atoms with E-state index in [0.29, 0.717) is 0 Å². The molecule has 3 aromatic rings. The van der Waals surface area contributed by atoms with E-state index in [4.69, 9.17) is 0 Å². The molecular formula is C46H72N2O2. The van der Waals surface area contributed by atoms with Gasteiger partial charge in [-0.25, -0.2) is 0 Å². The number of unbranched alkanes of at least 4 members (excludes halogenated alkanes) is 12. The van der Waals surface area contributed by atoms with E-state index >= 15 is 0 Å². The van der Waals surface area contributed by atoms with E-state index in [-0.39, 0.29) is 29.3 Å². The number of carbonyl (C=O) groups excluding carboxylic acids is 2. The van der Waals surface area contributed by atoms with Crippen LogP contribution in [0, 0.1) is 32.6 Å². The number of benzene rings is 1. The number of rotatable bonds is 27. The van der Waals surface area contributed by atoms with Crippen molar-refractivity contribution in [2.24, 2.45) is 11.8 Å². The van der Waals surface area contributed by atoms with Crippen molar-refractivity contribution in [1.82, 2.24) is 9.97 Å². The molecule has 0 aliphatic heterocycles. The first-order valence-corrected chi connectivity index (χ1v) is 20.8. The molecule has 0 amide bonds. The first kappa shape index (κ1) is 41.5. The van der Waals surface area contributed by atoms with E-state index in [1.54, 1.807) is 0 Å². The van der Waals surface area contributed by atoms with Crippen LogP contribution in [0.5, 0.6) is 0 Å². The Kier molecular flexibility index (Phi) is 19.0. The maximum atomic E-state index is 14.1. The summed E-state index contributed by atoms with van der Waals surface area (Å²) in [5.74, 6) is 0.530. The van der Waals surface area contributed by atoms with Gasteiger partial charge in [0.25, 0.3) is 0 Å². The molecule has 0 bridgehead atoms. The van der Waals surface area contributed by atoms with Crippen LogP contribution in [-0.4, -0.2) is 21.5 Å². The fourth-order valence-corrected chi connectivity index (χ4v) is 8.10. The smallest absolute Gasteiger partial charge is 0.182 e. The standard InChI is InChI=1S/C46H72N2O2/c1-8-12-16-20-24-37(25-21-17-13-9-2)45(49)41-30-28-39(47-41)44(43-35(6)32-34(5)33-36(43)7)40-29-31-42(48-40)46(50)38(26-22-18-14-10-3)27-23-19-15-11-4/h28-33,37-38,44,47-48H,8-27H2,1-7H3. The molecule has 0 saturated carbocycles. The first-order valence-electron chi connectivity index (χ1n) is 20.8. The van der Waals surface area contributed by atoms with Crippen molar-refractivity contribution >= 4 is 11.6 Å². The van der Waals surface area contributed by atoms with Gasteiger partial charge in [-0.3, -0.25) is 9.59 Å². The summed E-state index contributed by atoms with van der Waals surface area (Å²) in [6.45, 7) is 15.5. The van der Waals surface area contributed by atoms with Crippen LogP contribution in [0.3, 0.4) is 0 Å². The Morgan fingerprint density at radius 1 is 0.500 bits per heavy atom. The molecule has 0 fully saturated rings. The average Bonchev–Trinajstić information content (AvgIpc) is 3.79. The number of aromatic amines is 2. The summed E-state index contributed by atoms with van der Waals surface area (Å²) in [5.41, 5.74) is 8.42. The number of Topliss-reactive ketones (excluding diaryl/α,β-unsaturated/α-hetero) is 2. The van der Waals surface area contributed by atoms with Crippen LogP contribution < -0.4 is 0 Å². The fraction of sp³-hybridized carbons (Fsp3) is 0.652. The minimum Gasteiger partial charge on any atom is -0.355 e. The molecule has 50 heavy (non-hydrogen) atoms. The van der Waals surface area contributed by atoms with Gasteiger partial charge in [0.2, 0.25) is 0 Å². The summed E-state index contributed by atoms with van der Waals surface area (Å²) in [7, 11) is 0. The molecule has 4 heteroatoms. The topological polar surface area (TPSA) is 65.7 Å². The number of aromatic nitrogens is 2. The molecule has 0 saturated heterocycles. The van der Waals surface area contributed by atoms with Crippen molar-refractivity contribution in [2.75, 3.05) is 0 Å². The SMILES string of the molecule is CCCCCCC(CCCCCC)C(=O)c1ccc(C(c2ccc(C(=O)C(CCCCCC)CCCCCC)[nH]2)c2c(C)cc(C)cc2C)[nH]1. The lowest BCUT2D eigenvalue weighted by Crippen LogP contribution is -2.17. The second-order valence-electron chi connectivity index (χ2n) is 15.4. The van der Waals surface area contributed by atoms with Crippen LogP contribution in [0.4, 0.5) is 0 Å². The Bertz CT molecular complexity index is 1290. The summed E-state index contributed by atoms with van der Waals surface area (Å²) >= 11 is 0. The zero-order chi connectivity index (χ0) is 36.3. The summed E-state index contributed by atoms with van der Waals surface area (Å²) in [5, 5.41) is 0. The lowest BCUT2D eigenvalue weighted by molar-refractivity contribution is 0.0890. The zero-order valence-electron chi connectivity index (χ0n) is 33.2. The zero-order valence-corrected chi connectivity index (χ0v) is 33.2. The summed E-state index contributed by atoms with van der Waals surface area (Å²) < 4.78 is 0. The predicted molar refractivity (Wildman–Crippen MR) is 214 cm³/mol. The van der Waals surface area contributed by atoms with Crippen LogP contribution in [0.25, 0.3) is 0 Å². The highest BCUT2D eigenvalue weighted by molar-refractivity contribution is 5.97. The van der Waals surface area contributed by atoms with Gasteiger partial charge in [-0.2, -0.15) is 0 Å². The van der Waals surface area contributed by atoms with Crippen molar-refractivity contribution in [3.8, 4) is 0 Å². The monoisotopic (exact) mass is 685 g/mol. The third-order valence-corrected chi connectivity index (χ3v) is 11.0. The number of carbonyl (C=O) groups is 2. The lowest BCUT2D eigenvalue weighted by Gasteiger charge is -2.22. The number of H-pyrrole nitrogens is 2. The predicted octanol–water partition coefficient (Wildman–Crippen LogP) is 13.9. The number of ketones is 2. The Labute approximate surface area is 306 Å². The highest BCUT2D eigenvalue weighted by Crippen LogP contribution is 2.37. The molecule has 0 atom stereocenters. The first-order chi connectivity index (χ1) is 24.2. The normalized spacial score (nSPS) is 11.8. The summed E-state index contributed by atoms with van der Waals surface area (Å²) in [6.07, 6.45) is 22.9. The van der Waals surface area contributed by atoms with Gasteiger partial charge in [0, 0.05) is 23.2 Å². The van der Waals surface area contributed by atoms with Crippen LogP contribution in [0.1, 0.15) is 217 Å². The van der Waals surface area contributed by atoms with Gasteiger partial charge in [0.15, 0.2) is 11.6 Å². The largest absolute Gasteiger partial charge is 0.355 e. The van der Waals surface area contributed by atoms with Crippen LogP contribution in [0.2, 0.25) is 0 Å². The quantitative estimate of drug-likeness (QED) is 0.0620. The minimum atomic E-state index is -0.126. The molecule has 1 aromatic carbocycles. The number of hydrogen-bond acceptors (Lipinski definition) is 2. The molecule has 2 N–H and O–H groups in total. The van der Waals surface area contributed by atoms with Crippen molar-refractivity contribution in [2.45, 2.75) is 183 Å². The van der Waals surface area contributed by atoms with Gasteiger partial charge in [0.05, 0.1) is 17.3 Å². The molecule has 0 aliphatic carbocycles. The molecule has 2 heterocycles.